The molecule has 3 aromatic carbocycles. The number of rotatable bonds is 5. The summed E-state index contributed by atoms with van der Waals surface area (Å²) in [5.74, 6) is -0.929. The van der Waals surface area contributed by atoms with Crippen LogP contribution in [0.1, 0.15) is 34.1 Å². The van der Waals surface area contributed by atoms with Crippen LogP contribution >= 0.6 is 11.3 Å². The number of phenolic OH excluding ortho intramolecular Hbond substituents is 1. The van der Waals surface area contributed by atoms with E-state index < -0.39 is 5.97 Å². The fourth-order valence-electron chi connectivity index (χ4n) is 3.54. The standard InChI is InChI=1S/C25H22N2O4S/c1-15-8-9-22(16(2)10-15)27(17(3)28)25-26-20(14-32-25)13-31-24(30)21-11-18-6-4-5-7-19(18)12-23(21)29/h4-12,14,29H,13H2,1-3H3. The van der Waals surface area contributed by atoms with Crippen molar-refractivity contribution in [1.29, 1.82) is 0 Å². The molecule has 0 fully saturated rings. The second-order valence-corrected chi connectivity index (χ2v) is 8.39. The second kappa shape index (κ2) is 8.80. The summed E-state index contributed by atoms with van der Waals surface area (Å²) in [6, 6.07) is 16.5. The molecule has 0 aliphatic rings. The number of carbonyl (C=O) groups is 2. The van der Waals surface area contributed by atoms with E-state index >= 15 is 0 Å². The Morgan fingerprint density at radius 1 is 1.06 bits per heavy atom. The number of aromatic hydroxyl groups is 1. The number of amides is 1. The first-order valence-corrected chi connectivity index (χ1v) is 10.9. The van der Waals surface area contributed by atoms with Crippen molar-refractivity contribution < 1.29 is 19.4 Å². The Morgan fingerprint density at radius 3 is 2.47 bits per heavy atom. The molecule has 0 atom stereocenters. The number of nitrogens with zero attached hydrogens (tertiary/aromatic N) is 2. The topological polar surface area (TPSA) is 79.7 Å². The van der Waals surface area contributed by atoms with Gasteiger partial charge in [-0.3, -0.25) is 9.69 Å². The van der Waals surface area contributed by atoms with Crippen molar-refractivity contribution in [1.82, 2.24) is 4.98 Å². The molecule has 162 valence electrons. The second-order valence-electron chi connectivity index (χ2n) is 7.56. The molecule has 1 N–H and O–H groups in total. The molecule has 0 aliphatic carbocycles. The van der Waals surface area contributed by atoms with E-state index in [0.29, 0.717) is 10.8 Å². The van der Waals surface area contributed by atoms with Crippen LogP contribution in [0.25, 0.3) is 10.8 Å². The summed E-state index contributed by atoms with van der Waals surface area (Å²) in [5, 5.41) is 14.1. The van der Waals surface area contributed by atoms with E-state index in [4.69, 9.17) is 4.74 Å². The lowest BCUT2D eigenvalue weighted by atomic mass is 10.1. The molecule has 32 heavy (non-hydrogen) atoms. The van der Waals surface area contributed by atoms with Crippen LogP contribution in [0, 0.1) is 13.8 Å². The van der Waals surface area contributed by atoms with Gasteiger partial charge in [0.1, 0.15) is 17.9 Å². The summed E-state index contributed by atoms with van der Waals surface area (Å²) < 4.78 is 5.38. The van der Waals surface area contributed by atoms with E-state index in [1.54, 1.807) is 22.4 Å². The number of aromatic nitrogens is 1. The highest BCUT2D eigenvalue weighted by molar-refractivity contribution is 7.14. The maximum absolute atomic E-state index is 12.6. The van der Waals surface area contributed by atoms with Crippen molar-refractivity contribution >= 4 is 44.8 Å². The summed E-state index contributed by atoms with van der Waals surface area (Å²) in [4.78, 5) is 31.0. The Labute approximate surface area is 189 Å². The molecular formula is C25H22N2O4S. The van der Waals surface area contributed by atoms with Crippen molar-refractivity contribution in [3.8, 4) is 5.75 Å². The van der Waals surface area contributed by atoms with Gasteiger partial charge in [0.15, 0.2) is 5.13 Å². The number of ether oxygens (including phenoxy) is 1. The number of carbonyl (C=O) groups excluding carboxylic acids is 2. The zero-order chi connectivity index (χ0) is 22.8. The average Bonchev–Trinajstić information content (AvgIpc) is 3.21. The number of fused-ring (bicyclic) bond motifs is 1. The number of phenols is 1. The summed E-state index contributed by atoms with van der Waals surface area (Å²) >= 11 is 1.30. The predicted octanol–water partition coefficient (Wildman–Crippen LogP) is 5.66. The molecule has 0 radical (unpaired) electrons. The molecule has 0 saturated carbocycles. The van der Waals surface area contributed by atoms with Crippen molar-refractivity contribution in [3.63, 3.8) is 0 Å². The van der Waals surface area contributed by atoms with Gasteiger partial charge in [-0.05, 0) is 48.4 Å². The van der Waals surface area contributed by atoms with E-state index in [1.165, 1.54) is 18.3 Å². The maximum atomic E-state index is 12.6. The van der Waals surface area contributed by atoms with Crippen molar-refractivity contribution in [2.24, 2.45) is 0 Å². The van der Waals surface area contributed by atoms with Gasteiger partial charge in [-0.25, -0.2) is 9.78 Å². The predicted molar refractivity (Wildman–Crippen MR) is 126 cm³/mol. The lowest BCUT2D eigenvalue weighted by molar-refractivity contribution is -0.115. The first-order chi connectivity index (χ1) is 15.3. The van der Waals surface area contributed by atoms with E-state index in [-0.39, 0.29) is 23.8 Å². The highest BCUT2D eigenvalue weighted by Crippen LogP contribution is 2.32. The van der Waals surface area contributed by atoms with Gasteiger partial charge in [-0.15, -0.1) is 11.3 Å². The average molecular weight is 447 g/mol. The van der Waals surface area contributed by atoms with E-state index in [1.807, 2.05) is 56.3 Å². The molecular weight excluding hydrogens is 424 g/mol. The first kappa shape index (κ1) is 21.5. The van der Waals surface area contributed by atoms with Gasteiger partial charge in [0, 0.05) is 12.3 Å². The molecule has 0 unspecified atom stereocenters. The van der Waals surface area contributed by atoms with Crippen molar-refractivity contribution in [2.75, 3.05) is 4.90 Å². The van der Waals surface area contributed by atoms with Crippen molar-refractivity contribution in [3.05, 3.63) is 82.4 Å². The third-order valence-electron chi connectivity index (χ3n) is 5.07. The number of hydrogen-bond donors (Lipinski definition) is 1. The molecule has 0 spiro atoms. The zero-order valence-corrected chi connectivity index (χ0v) is 18.8. The van der Waals surface area contributed by atoms with Gasteiger partial charge in [0.2, 0.25) is 5.91 Å². The molecule has 4 rings (SSSR count). The maximum Gasteiger partial charge on any atom is 0.342 e. The highest BCUT2D eigenvalue weighted by atomic mass is 32.1. The van der Waals surface area contributed by atoms with Crippen LogP contribution in [-0.2, 0) is 16.1 Å². The number of hydrogen-bond acceptors (Lipinski definition) is 6. The van der Waals surface area contributed by atoms with Crippen molar-refractivity contribution in [2.45, 2.75) is 27.4 Å². The van der Waals surface area contributed by atoms with Crippen LogP contribution in [0.5, 0.6) is 5.75 Å². The normalized spacial score (nSPS) is 10.8. The Hall–Kier alpha value is -3.71. The van der Waals surface area contributed by atoms with Gasteiger partial charge in [0.05, 0.1) is 11.4 Å². The fraction of sp³-hybridized carbons (Fsp3) is 0.160. The Morgan fingerprint density at radius 2 is 1.78 bits per heavy atom. The molecule has 0 bridgehead atoms. The highest BCUT2D eigenvalue weighted by Gasteiger charge is 2.21. The summed E-state index contributed by atoms with van der Waals surface area (Å²) in [6.45, 7) is 5.37. The SMILES string of the molecule is CC(=O)N(c1nc(COC(=O)c2cc3ccccc3cc2O)cs1)c1ccc(C)cc1C. The number of thiazole rings is 1. The molecule has 6 nitrogen and oxygen atoms in total. The molecule has 4 aromatic rings. The largest absolute Gasteiger partial charge is 0.507 e. The van der Waals surface area contributed by atoms with Crippen LogP contribution < -0.4 is 4.90 Å². The summed E-state index contributed by atoms with van der Waals surface area (Å²) in [6.07, 6.45) is 0. The van der Waals surface area contributed by atoms with Crippen LogP contribution in [-0.4, -0.2) is 22.0 Å². The number of aryl methyl sites for hydroxylation is 2. The molecule has 0 saturated heterocycles. The van der Waals surface area contributed by atoms with Gasteiger partial charge < -0.3 is 9.84 Å². The third kappa shape index (κ3) is 4.33. The smallest absolute Gasteiger partial charge is 0.342 e. The molecule has 7 heteroatoms. The Kier molecular flexibility index (Phi) is 5.92. The molecule has 1 amide bonds. The monoisotopic (exact) mass is 446 g/mol. The lowest BCUT2D eigenvalue weighted by Gasteiger charge is -2.20. The molecule has 0 aliphatic heterocycles. The van der Waals surface area contributed by atoms with Gasteiger partial charge in [-0.1, -0.05) is 42.0 Å². The molecule has 1 heterocycles. The quantitative estimate of drug-likeness (QED) is 0.400. The minimum atomic E-state index is -0.638. The van der Waals surface area contributed by atoms with Crippen LogP contribution in [0.2, 0.25) is 0 Å². The minimum absolute atomic E-state index is 0.0692. The zero-order valence-electron chi connectivity index (χ0n) is 18.0. The number of anilines is 2. The fourth-order valence-corrected chi connectivity index (χ4v) is 4.40. The van der Waals surface area contributed by atoms with Gasteiger partial charge in [-0.2, -0.15) is 0 Å². The van der Waals surface area contributed by atoms with E-state index in [2.05, 4.69) is 4.98 Å². The first-order valence-electron chi connectivity index (χ1n) is 10.0. The summed E-state index contributed by atoms with van der Waals surface area (Å²) in [7, 11) is 0. The number of esters is 1. The Bertz CT molecular complexity index is 1330. The van der Waals surface area contributed by atoms with Gasteiger partial charge in [0.25, 0.3) is 0 Å². The van der Waals surface area contributed by atoms with E-state index in [0.717, 1.165) is 27.6 Å². The summed E-state index contributed by atoms with van der Waals surface area (Å²) in [5.41, 5.74) is 3.46. The van der Waals surface area contributed by atoms with E-state index in [9.17, 15) is 14.7 Å². The van der Waals surface area contributed by atoms with Crippen LogP contribution in [0.3, 0.4) is 0 Å². The minimum Gasteiger partial charge on any atom is -0.507 e. The lowest BCUT2D eigenvalue weighted by Crippen LogP contribution is -2.23. The third-order valence-corrected chi connectivity index (χ3v) is 5.95. The number of benzene rings is 3. The Balaban J connectivity index is 1.52. The van der Waals surface area contributed by atoms with Gasteiger partial charge >= 0.3 is 5.97 Å². The van der Waals surface area contributed by atoms with Crippen LogP contribution in [0.15, 0.2) is 60.0 Å². The van der Waals surface area contributed by atoms with Crippen LogP contribution in [0.4, 0.5) is 10.8 Å². The molecule has 1 aromatic heterocycles.